The van der Waals surface area contributed by atoms with Crippen LogP contribution in [0, 0.1) is 0 Å². The smallest absolute Gasteiger partial charge is 0.285 e. The Labute approximate surface area is 126 Å². The molecule has 21 heavy (non-hydrogen) atoms. The zero-order valence-electron chi connectivity index (χ0n) is 11.7. The first-order valence-corrected chi connectivity index (χ1v) is 7.71. The summed E-state index contributed by atoms with van der Waals surface area (Å²) in [6.45, 7) is 0.685. The third-order valence-electron chi connectivity index (χ3n) is 3.32. The second kappa shape index (κ2) is 6.38. The maximum atomic E-state index is 12.1. The van der Waals surface area contributed by atoms with Gasteiger partial charge >= 0.3 is 0 Å². The van der Waals surface area contributed by atoms with E-state index in [9.17, 15) is 4.79 Å². The Kier molecular flexibility index (Phi) is 4.33. The maximum Gasteiger partial charge on any atom is 0.285 e. The van der Waals surface area contributed by atoms with Gasteiger partial charge in [-0.25, -0.2) is 10.3 Å². The maximum absolute atomic E-state index is 12.1. The Balaban J connectivity index is 1.60. The molecule has 0 bridgehead atoms. The number of aryl methyl sites for hydroxylation is 1. The number of thiophene rings is 1. The topological polar surface area (TPSA) is 65.4 Å². The second-order valence-electron chi connectivity index (χ2n) is 4.85. The summed E-state index contributed by atoms with van der Waals surface area (Å²) in [7, 11) is 1.87. The lowest BCUT2D eigenvalue weighted by Gasteiger charge is -2.21. The number of ether oxygens (including phenoxy) is 1. The molecule has 7 heteroatoms. The number of amides is 1. The van der Waals surface area contributed by atoms with Crippen LogP contribution in [0.3, 0.4) is 0 Å². The predicted octanol–water partition coefficient (Wildman–Crippen LogP) is 2.34. The van der Waals surface area contributed by atoms with Gasteiger partial charge in [-0.05, 0) is 31.0 Å². The summed E-state index contributed by atoms with van der Waals surface area (Å²) >= 11 is 1.41. The van der Waals surface area contributed by atoms with Crippen molar-refractivity contribution in [2.75, 3.05) is 6.61 Å². The Hall–Kier alpha value is -1.70. The van der Waals surface area contributed by atoms with Crippen LogP contribution in [0.4, 0.5) is 0 Å². The third-order valence-corrected chi connectivity index (χ3v) is 4.43. The first kappa shape index (κ1) is 14.2. The molecule has 1 atom stereocenters. The zero-order chi connectivity index (χ0) is 14.7. The summed E-state index contributed by atoms with van der Waals surface area (Å²) in [4.78, 5) is 18.9. The monoisotopic (exact) mass is 307 g/mol. The van der Waals surface area contributed by atoms with Crippen molar-refractivity contribution in [2.24, 2.45) is 7.05 Å². The van der Waals surface area contributed by atoms with Crippen LogP contribution in [-0.4, -0.2) is 28.6 Å². The van der Waals surface area contributed by atoms with E-state index in [-0.39, 0.29) is 12.2 Å². The van der Waals surface area contributed by atoms with Gasteiger partial charge in [0, 0.05) is 26.3 Å². The summed E-state index contributed by atoms with van der Waals surface area (Å²) in [6.07, 6.45) is 4.32. The standard InChI is InChI=1S/C14H17N3O3S/c1-17-10(7-8-15-17)11-5-6-12(21-11)14(18)16-20-13-4-2-3-9-19-13/h5-8,13H,2-4,9H2,1H3,(H,16,18). The van der Waals surface area contributed by atoms with Gasteiger partial charge in [0.15, 0.2) is 6.29 Å². The third kappa shape index (κ3) is 3.31. The van der Waals surface area contributed by atoms with Crippen LogP contribution in [0.15, 0.2) is 24.4 Å². The van der Waals surface area contributed by atoms with Crippen LogP contribution in [-0.2, 0) is 16.6 Å². The molecular weight excluding hydrogens is 290 g/mol. The zero-order valence-corrected chi connectivity index (χ0v) is 12.6. The number of carbonyl (C=O) groups excluding carboxylic acids is 1. The summed E-state index contributed by atoms with van der Waals surface area (Å²) in [5.74, 6) is -0.248. The minimum absolute atomic E-state index is 0.248. The molecule has 3 rings (SSSR count). The molecule has 3 heterocycles. The summed E-state index contributed by atoms with van der Waals surface area (Å²) in [5, 5.41) is 4.13. The second-order valence-corrected chi connectivity index (χ2v) is 5.93. The Bertz CT molecular complexity index is 617. The average molecular weight is 307 g/mol. The first-order chi connectivity index (χ1) is 10.2. The highest BCUT2D eigenvalue weighted by Crippen LogP contribution is 2.27. The Morgan fingerprint density at radius 1 is 1.48 bits per heavy atom. The quantitative estimate of drug-likeness (QED) is 0.881. The highest BCUT2D eigenvalue weighted by atomic mass is 32.1. The molecule has 0 saturated carbocycles. The van der Waals surface area contributed by atoms with Crippen molar-refractivity contribution in [3.63, 3.8) is 0 Å². The SMILES string of the molecule is Cn1nccc1-c1ccc(C(=O)NOC2CCCCO2)s1. The van der Waals surface area contributed by atoms with Gasteiger partial charge in [-0.15, -0.1) is 11.3 Å². The van der Waals surface area contributed by atoms with Gasteiger partial charge in [0.25, 0.3) is 5.91 Å². The van der Waals surface area contributed by atoms with E-state index < -0.39 is 0 Å². The van der Waals surface area contributed by atoms with Gasteiger partial charge in [0.2, 0.25) is 0 Å². The largest absolute Gasteiger partial charge is 0.350 e. The molecule has 0 radical (unpaired) electrons. The summed E-state index contributed by atoms with van der Waals surface area (Å²) in [6, 6.07) is 5.61. The number of nitrogens with zero attached hydrogens (tertiary/aromatic N) is 2. The van der Waals surface area contributed by atoms with Crippen molar-refractivity contribution < 1.29 is 14.4 Å². The van der Waals surface area contributed by atoms with Crippen LogP contribution >= 0.6 is 11.3 Å². The molecule has 1 aliphatic rings. The van der Waals surface area contributed by atoms with E-state index in [4.69, 9.17) is 9.57 Å². The predicted molar refractivity (Wildman–Crippen MR) is 78.7 cm³/mol. The van der Waals surface area contributed by atoms with Crippen LogP contribution in [0.25, 0.3) is 10.6 Å². The minimum Gasteiger partial charge on any atom is -0.350 e. The lowest BCUT2D eigenvalue weighted by Crippen LogP contribution is -2.32. The molecule has 0 aromatic carbocycles. The number of nitrogens with one attached hydrogen (secondary N) is 1. The van der Waals surface area contributed by atoms with E-state index in [0.717, 1.165) is 29.8 Å². The number of aromatic nitrogens is 2. The Morgan fingerprint density at radius 3 is 3.10 bits per heavy atom. The molecule has 1 N–H and O–H groups in total. The number of hydrogen-bond acceptors (Lipinski definition) is 5. The molecule has 1 unspecified atom stereocenters. The molecule has 1 aliphatic heterocycles. The minimum atomic E-state index is -0.334. The number of carbonyl (C=O) groups is 1. The fourth-order valence-electron chi connectivity index (χ4n) is 2.19. The molecule has 1 saturated heterocycles. The first-order valence-electron chi connectivity index (χ1n) is 6.90. The molecule has 2 aromatic rings. The lowest BCUT2D eigenvalue weighted by molar-refractivity contribution is -0.186. The van der Waals surface area contributed by atoms with E-state index in [2.05, 4.69) is 10.6 Å². The molecular formula is C14H17N3O3S. The van der Waals surface area contributed by atoms with Crippen molar-refractivity contribution in [1.82, 2.24) is 15.3 Å². The molecule has 112 valence electrons. The van der Waals surface area contributed by atoms with Crippen molar-refractivity contribution >= 4 is 17.2 Å². The van der Waals surface area contributed by atoms with Crippen molar-refractivity contribution in [1.29, 1.82) is 0 Å². The van der Waals surface area contributed by atoms with E-state index in [0.29, 0.717) is 11.5 Å². The van der Waals surface area contributed by atoms with Gasteiger partial charge in [0.1, 0.15) is 0 Å². The van der Waals surface area contributed by atoms with E-state index in [1.54, 1.807) is 16.9 Å². The van der Waals surface area contributed by atoms with E-state index in [1.807, 2.05) is 19.2 Å². The summed E-state index contributed by atoms with van der Waals surface area (Å²) in [5.41, 5.74) is 3.45. The highest BCUT2D eigenvalue weighted by molar-refractivity contribution is 7.17. The van der Waals surface area contributed by atoms with Crippen molar-refractivity contribution in [3.05, 3.63) is 29.3 Å². The average Bonchev–Trinajstić information content (AvgIpc) is 3.14. The normalized spacial score (nSPS) is 18.6. The van der Waals surface area contributed by atoms with Gasteiger partial charge in [0.05, 0.1) is 15.4 Å². The fourth-order valence-corrected chi connectivity index (χ4v) is 3.14. The summed E-state index contributed by atoms with van der Waals surface area (Å²) < 4.78 is 7.18. The van der Waals surface area contributed by atoms with Crippen LogP contribution in [0.1, 0.15) is 28.9 Å². The van der Waals surface area contributed by atoms with E-state index >= 15 is 0 Å². The van der Waals surface area contributed by atoms with Gasteiger partial charge in [-0.3, -0.25) is 9.48 Å². The molecule has 1 amide bonds. The van der Waals surface area contributed by atoms with E-state index in [1.165, 1.54) is 11.3 Å². The fraction of sp³-hybridized carbons (Fsp3) is 0.429. The molecule has 0 spiro atoms. The molecule has 2 aromatic heterocycles. The molecule has 1 fully saturated rings. The Morgan fingerprint density at radius 2 is 2.38 bits per heavy atom. The number of hydrogen-bond donors (Lipinski definition) is 1. The van der Waals surface area contributed by atoms with Crippen LogP contribution in [0.2, 0.25) is 0 Å². The van der Waals surface area contributed by atoms with Gasteiger partial charge in [-0.1, -0.05) is 0 Å². The van der Waals surface area contributed by atoms with Gasteiger partial charge < -0.3 is 4.74 Å². The highest BCUT2D eigenvalue weighted by Gasteiger charge is 2.17. The lowest BCUT2D eigenvalue weighted by atomic mass is 10.2. The van der Waals surface area contributed by atoms with Crippen molar-refractivity contribution in [3.8, 4) is 10.6 Å². The molecule has 6 nitrogen and oxygen atoms in total. The van der Waals surface area contributed by atoms with Crippen LogP contribution < -0.4 is 5.48 Å². The van der Waals surface area contributed by atoms with Crippen molar-refractivity contribution in [2.45, 2.75) is 25.6 Å². The number of rotatable bonds is 4. The van der Waals surface area contributed by atoms with Gasteiger partial charge in [-0.2, -0.15) is 5.10 Å². The van der Waals surface area contributed by atoms with Crippen LogP contribution in [0.5, 0.6) is 0 Å². The molecule has 0 aliphatic carbocycles. The number of hydroxylamine groups is 1.